The van der Waals surface area contributed by atoms with Gasteiger partial charge in [-0.15, -0.1) is 0 Å². The summed E-state index contributed by atoms with van der Waals surface area (Å²) in [5, 5.41) is 0. The van der Waals surface area contributed by atoms with Crippen molar-refractivity contribution in [1.82, 2.24) is 28.1 Å². The minimum Gasteiger partial charge on any atom is -0.330 e. The third-order valence-corrected chi connectivity index (χ3v) is 7.02. The molecule has 0 bridgehead atoms. The Kier molecular flexibility index (Phi) is 5.40. The van der Waals surface area contributed by atoms with Crippen LogP contribution in [0.25, 0.3) is 11.4 Å². The van der Waals surface area contributed by atoms with E-state index >= 15 is 0 Å². The second kappa shape index (κ2) is 7.42. The highest BCUT2D eigenvalue weighted by Crippen LogP contribution is 2.27. The van der Waals surface area contributed by atoms with E-state index in [1.807, 2.05) is 24.7 Å². The van der Waals surface area contributed by atoms with Crippen molar-refractivity contribution in [3.05, 3.63) is 30.1 Å². The number of aryl methyl sites for hydroxylation is 1. The zero-order valence-corrected chi connectivity index (χ0v) is 16.6. The molecule has 2 aromatic heterocycles. The maximum atomic E-state index is 12.2. The minimum atomic E-state index is -3.32. The van der Waals surface area contributed by atoms with Gasteiger partial charge in [0.25, 0.3) is 10.2 Å². The smallest absolute Gasteiger partial charge is 0.281 e. The summed E-state index contributed by atoms with van der Waals surface area (Å²) < 4.78 is 29.3. The Bertz CT molecular complexity index is 869. The lowest BCUT2D eigenvalue weighted by Crippen LogP contribution is -2.44. The van der Waals surface area contributed by atoms with E-state index in [-0.39, 0.29) is 0 Å². The summed E-state index contributed by atoms with van der Waals surface area (Å²) in [4.78, 5) is 13.4. The Morgan fingerprint density at radius 2 is 1.81 bits per heavy atom. The van der Waals surface area contributed by atoms with E-state index in [0.29, 0.717) is 19.0 Å². The molecule has 1 saturated heterocycles. The monoisotopic (exact) mass is 378 g/mol. The van der Waals surface area contributed by atoms with E-state index in [4.69, 9.17) is 0 Å². The van der Waals surface area contributed by atoms with Crippen molar-refractivity contribution in [2.75, 3.05) is 27.2 Å². The summed E-state index contributed by atoms with van der Waals surface area (Å²) in [5.41, 5.74) is 2.77. The van der Waals surface area contributed by atoms with Crippen LogP contribution in [-0.2, 0) is 23.7 Å². The van der Waals surface area contributed by atoms with Gasteiger partial charge in [0.2, 0.25) is 0 Å². The van der Waals surface area contributed by atoms with Crippen LogP contribution in [0.1, 0.15) is 24.4 Å². The molecule has 0 amide bonds. The molecular formula is C17H26N6O2S. The first kappa shape index (κ1) is 18.9. The molecule has 0 aliphatic carbocycles. The second-order valence-electron chi connectivity index (χ2n) is 6.94. The lowest BCUT2D eigenvalue weighted by molar-refractivity contribution is 0.261. The van der Waals surface area contributed by atoms with Gasteiger partial charge in [-0.2, -0.15) is 17.0 Å². The molecular weight excluding hydrogens is 352 g/mol. The number of rotatable bonds is 5. The van der Waals surface area contributed by atoms with Crippen molar-refractivity contribution in [3.63, 3.8) is 0 Å². The van der Waals surface area contributed by atoms with Crippen LogP contribution in [0.5, 0.6) is 0 Å². The van der Waals surface area contributed by atoms with Crippen molar-refractivity contribution >= 4 is 10.2 Å². The number of hydrogen-bond donors (Lipinski definition) is 0. The van der Waals surface area contributed by atoms with Gasteiger partial charge in [0, 0.05) is 46.6 Å². The van der Waals surface area contributed by atoms with Gasteiger partial charge in [-0.25, -0.2) is 4.98 Å². The Hall–Kier alpha value is -1.84. The average Bonchev–Trinajstić information content (AvgIpc) is 2.95. The molecule has 0 spiro atoms. The standard InChI is InChI=1S/C17H26N6O2S/c1-13-20-12-16(22(13)4)17-15(18-7-8-19-17)11-14-5-9-23(10-6-14)26(24,25)21(2)3/h7-8,12,14H,5-6,9-11H2,1-4H3. The van der Waals surface area contributed by atoms with Gasteiger partial charge in [-0.1, -0.05) is 0 Å². The van der Waals surface area contributed by atoms with E-state index in [9.17, 15) is 8.42 Å². The van der Waals surface area contributed by atoms with Crippen molar-refractivity contribution in [2.24, 2.45) is 13.0 Å². The average molecular weight is 379 g/mol. The number of aromatic nitrogens is 4. The number of piperidine rings is 1. The van der Waals surface area contributed by atoms with Gasteiger partial charge in [0.15, 0.2) is 0 Å². The zero-order chi connectivity index (χ0) is 18.9. The van der Waals surface area contributed by atoms with E-state index in [1.54, 1.807) is 30.8 Å². The van der Waals surface area contributed by atoms with Crippen LogP contribution >= 0.6 is 0 Å². The van der Waals surface area contributed by atoms with E-state index in [2.05, 4.69) is 15.0 Å². The molecule has 3 rings (SSSR count). The van der Waals surface area contributed by atoms with E-state index in [1.165, 1.54) is 4.31 Å². The summed E-state index contributed by atoms with van der Waals surface area (Å²) in [7, 11) is 1.79. The molecule has 0 unspecified atom stereocenters. The van der Waals surface area contributed by atoms with Gasteiger partial charge in [-0.3, -0.25) is 9.97 Å². The van der Waals surface area contributed by atoms with Crippen LogP contribution in [0, 0.1) is 12.8 Å². The van der Waals surface area contributed by atoms with Gasteiger partial charge in [-0.05, 0) is 32.1 Å². The first-order valence-electron chi connectivity index (χ1n) is 8.77. The fourth-order valence-corrected chi connectivity index (χ4v) is 4.43. The SMILES string of the molecule is Cc1ncc(-c2nccnc2CC2CCN(S(=O)(=O)N(C)C)CC2)n1C. The van der Waals surface area contributed by atoms with Crippen LogP contribution in [0.4, 0.5) is 0 Å². The highest BCUT2D eigenvalue weighted by molar-refractivity contribution is 7.86. The summed E-state index contributed by atoms with van der Waals surface area (Å²) in [6.07, 6.45) is 7.69. The van der Waals surface area contributed by atoms with Crippen LogP contribution in [0.15, 0.2) is 18.6 Å². The first-order chi connectivity index (χ1) is 12.3. The summed E-state index contributed by atoms with van der Waals surface area (Å²) in [6.45, 7) is 3.05. The summed E-state index contributed by atoms with van der Waals surface area (Å²) >= 11 is 0. The fraction of sp³-hybridized carbons (Fsp3) is 0.588. The molecule has 0 saturated carbocycles. The maximum absolute atomic E-state index is 12.2. The minimum absolute atomic E-state index is 0.397. The third kappa shape index (κ3) is 3.65. The van der Waals surface area contributed by atoms with Gasteiger partial charge in [0.05, 0.1) is 17.6 Å². The van der Waals surface area contributed by atoms with Crippen LogP contribution in [0.2, 0.25) is 0 Å². The van der Waals surface area contributed by atoms with Crippen LogP contribution in [0.3, 0.4) is 0 Å². The van der Waals surface area contributed by atoms with Gasteiger partial charge in [0.1, 0.15) is 11.5 Å². The van der Waals surface area contributed by atoms with Crippen molar-refractivity contribution in [3.8, 4) is 11.4 Å². The molecule has 0 radical (unpaired) electrons. The van der Waals surface area contributed by atoms with Gasteiger partial charge < -0.3 is 4.57 Å². The Morgan fingerprint density at radius 1 is 1.15 bits per heavy atom. The molecule has 1 aliphatic heterocycles. The summed E-state index contributed by atoms with van der Waals surface area (Å²) in [6, 6.07) is 0. The van der Waals surface area contributed by atoms with Gasteiger partial charge >= 0.3 is 0 Å². The van der Waals surface area contributed by atoms with E-state index in [0.717, 1.165) is 42.2 Å². The van der Waals surface area contributed by atoms with Crippen molar-refractivity contribution in [2.45, 2.75) is 26.2 Å². The fourth-order valence-electron chi connectivity index (χ4n) is 3.30. The van der Waals surface area contributed by atoms with Crippen LogP contribution in [-0.4, -0.2) is 63.7 Å². The Labute approximate surface area is 155 Å². The maximum Gasteiger partial charge on any atom is 0.281 e. The molecule has 1 fully saturated rings. The third-order valence-electron chi connectivity index (χ3n) is 5.08. The molecule has 0 aromatic carbocycles. The molecule has 142 valence electrons. The first-order valence-corrected chi connectivity index (χ1v) is 10.2. The Balaban J connectivity index is 1.73. The summed E-state index contributed by atoms with van der Waals surface area (Å²) in [5.74, 6) is 1.33. The molecule has 26 heavy (non-hydrogen) atoms. The predicted octanol–water partition coefficient (Wildman–Crippen LogP) is 1.25. The lowest BCUT2D eigenvalue weighted by Gasteiger charge is -2.32. The highest BCUT2D eigenvalue weighted by Gasteiger charge is 2.30. The molecule has 0 N–H and O–H groups in total. The highest BCUT2D eigenvalue weighted by atomic mass is 32.2. The molecule has 1 aliphatic rings. The topological polar surface area (TPSA) is 84.2 Å². The molecule has 8 nitrogen and oxygen atoms in total. The largest absolute Gasteiger partial charge is 0.330 e. The molecule has 9 heteroatoms. The van der Waals surface area contributed by atoms with Crippen LogP contribution < -0.4 is 0 Å². The normalized spacial score (nSPS) is 17.1. The quantitative estimate of drug-likeness (QED) is 0.782. The lowest BCUT2D eigenvalue weighted by atomic mass is 9.92. The van der Waals surface area contributed by atoms with E-state index < -0.39 is 10.2 Å². The zero-order valence-electron chi connectivity index (χ0n) is 15.8. The number of hydrogen-bond acceptors (Lipinski definition) is 5. The molecule has 3 heterocycles. The number of imidazole rings is 1. The number of nitrogens with zero attached hydrogens (tertiary/aromatic N) is 6. The molecule has 2 aromatic rings. The van der Waals surface area contributed by atoms with Crippen molar-refractivity contribution < 1.29 is 8.42 Å². The van der Waals surface area contributed by atoms with Crippen molar-refractivity contribution in [1.29, 1.82) is 0 Å². The predicted molar refractivity (Wildman–Crippen MR) is 99.6 cm³/mol. The molecule has 0 atom stereocenters. The Morgan fingerprint density at radius 3 is 2.38 bits per heavy atom. The second-order valence-corrected chi connectivity index (χ2v) is 9.08.